The van der Waals surface area contributed by atoms with Crippen LogP contribution in [0.25, 0.3) is 0 Å². The molecule has 1 unspecified atom stereocenters. The third-order valence-corrected chi connectivity index (χ3v) is 2.43. The van der Waals surface area contributed by atoms with E-state index in [-0.39, 0.29) is 11.4 Å². The zero-order valence-corrected chi connectivity index (χ0v) is 7.26. The molecular weight excluding hydrogens is 152 g/mol. The van der Waals surface area contributed by atoms with Crippen molar-refractivity contribution in [2.45, 2.75) is 25.3 Å². The molecule has 0 aromatic carbocycles. The topological polar surface area (TPSA) is 55.1 Å². The minimum absolute atomic E-state index is 0.288. The number of nitrogens with one attached hydrogen (secondary N) is 1. The van der Waals surface area contributed by atoms with Gasteiger partial charge in [-0.15, -0.1) is 6.42 Å². The summed E-state index contributed by atoms with van der Waals surface area (Å²) >= 11 is 0. The molecule has 3 heteroatoms. The highest BCUT2D eigenvalue weighted by molar-refractivity contribution is 5.93. The number of rotatable bonds is 3. The van der Waals surface area contributed by atoms with Gasteiger partial charge in [0.05, 0.1) is 5.54 Å². The van der Waals surface area contributed by atoms with Crippen LogP contribution >= 0.6 is 0 Å². The molecular formula is C9H14N2O. The van der Waals surface area contributed by atoms with Crippen LogP contribution in [0.15, 0.2) is 0 Å². The van der Waals surface area contributed by atoms with Crippen molar-refractivity contribution in [3.05, 3.63) is 0 Å². The highest BCUT2D eigenvalue weighted by atomic mass is 16.1. The van der Waals surface area contributed by atoms with Gasteiger partial charge in [0.2, 0.25) is 0 Å². The molecule has 1 aliphatic rings. The van der Waals surface area contributed by atoms with Gasteiger partial charge in [0.1, 0.15) is 0 Å². The van der Waals surface area contributed by atoms with Crippen molar-refractivity contribution in [2.75, 3.05) is 6.54 Å². The van der Waals surface area contributed by atoms with Crippen molar-refractivity contribution < 1.29 is 4.79 Å². The highest BCUT2D eigenvalue weighted by Gasteiger charge is 2.41. The molecule has 12 heavy (non-hydrogen) atoms. The predicted molar refractivity (Wildman–Crippen MR) is 47.2 cm³/mol. The average molecular weight is 166 g/mol. The summed E-state index contributed by atoms with van der Waals surface area (Å²) in [7, 11) is 0. The Balaban J connectivity index is 2.55. The van der Waals surface area contributed by atoms with Crippen molar-refractivity contribution in [3.63, 3.8) is 0 Å². The highest BCUT2D eigenvalue weighted by Crippen LogP contribution is 2.38. The van der Waals surface area contributed by atoms with Gasteiger partial charge in [-0.2, -0.15) is 0 Å². The fraction of sp³-hybridized carbons (Fsp3) is 0.667. The summed E-state index contributed by atoms with van der Waals surface area (Å²) in [6.07, 6.45) is 7.23. The van der Waals surface area contributed by atoms with Gasteiger partial charge in [-0.05, 0) is 31.6 Å². The van der Waals surface area contributed by atoms with Gasteiger partial charge in [-0.3, -0.25) is 4.79 Å². The standard InChI is InChI=1S/C9H14N2O/c1-3-8(12)11-9(2,6-10)7-4-5-7/h1,7H,4-6,10H2,2H3,(H,11,12). The Morgan fingerprint density at radius 3 is 2.75 bits per heavy atom. The fourth-order valence-electron chi connectivity index (χ4n) is 1.34. The summed E-state index contributed by atoms with van der Waals surface area (Å²) in [6.45, 7) is 2.39. The zero-order chi connectivity index (χ0) is 9.19. The van der Waals surface area contributed by atoms with Gasteiger partial charge >= 0.3 is 0 Å². The predicted octanol–water partition coefficient (Wildman–Crippen LogP) is -0.137. The molecule has 0 aliphatic heterocycles. The van der Waals surface area contributed by atoms with Gasteiger partial charge in [-0.1, -0.05) is 0 Å². The third kappa shape index (κ3) is 1.77. The van der Waals surface area contributed by atoms with Gasteiger partial charge in [0, 0.05) is 6.54 Å². The monoisotopic (exact) mass is 166 g/mol. The van der Waals surface area contributed by atoms with E-state index in [0.29, 0.717) is 12.5 Å². The summed E-state index contributed by atoms with van der Waals surface area (Å²) in [4.78, 5) is 10.9. The van der Waals surface area contributed by atoms with Crippen molar-refractivity contribution >= 4 is 5.91 Å². The Labute approximate surface area is 72.7 Å². The number of terminal acetylenes is 1. The number of nitrogens with two attached hydrogens (primary N) is 1. The molecule has 0 spiro atoms. The van der Waals surface area contributed by atoms with Gasteiger partial charge in [0.15, 0.2) is 0 Å². The Bertz CT molecular complexity index is 227. The molecule has 1 saturated carbocycles. The lowest BCUT2D eigenvalue weighted by Gasteiger charge is -2.28. The first-order valence-electron chi connectivity index (χ1n) is 4.11. The average Bonchev–Trinajstić information content (AvgIpc) is 2.86. The number of hydrogen-bond acceptors (Lipinski definition) is 2. The first kappa shape index (κ1) is 9.08. The number of hydrogen-bond donors (Lipinski definition) is 2. The minimum atomic E-state index is -0.366. The fourth-order valence-corrected chi connectivity index (χ4v) is 1.34. The Morgan fingerprint density at radius 2 is 2.42 bits per heavy atom. The Hall–Kier alpha value is -1.01. The lowest BCUT2D eigenvalue weighted by Crippen LogP contribution is -2.52. The lowest BCUT2D eigenvalue weighted by molar-refractivity contribution is -0.117. The van der Waals surface area contributed by atoms with E-state index in [9.17, 15) is 4.79 Å². The van der Waals surface area contributed by atoms with E-state index in [1.54, 1.807) is 0 Å². The van der Waals surface area contributed by atoms with Crippen LogP contribution in [0.3, 0.4) is 0 Å². The third-order valence-electron chi connectivity index (χ3n) is 2.43. The van der Waals surface area contributed by atoms with E-state index in [2.05, 4.69) is 5.32 Å². The number of carbonyl (C=O) groups excluding carboxylic acids is 1. The summed E-state index contributed by atoms with van der Waals surface area (Å²) in [6, 6.07) is 0. The molecule has 0 aromatic heterocycles. The summed E-state index contributed by atoms with van der Waals surface area (Å²) in [5.41, 5.74) is 5.28. The van der Waals surface area contributed by atoms with Crippen molar-refractivity contribution in [3.8, 4) is 12.3 Å². The van der Waals surface area contributed by atoms with Crippen molar-refractivity contribution in [1.82, 2.24) is 5.32 Å². The molecule has 66 valence electrons. The van der Waals surface area contributed by atoms with E-state index in [4.69, 9.17) is 12.2 Å². The molecule has 1 aliphatic carbocycles. The van der Waals surface area contributed by atoms with Crippen LogP contribution in [0.4, 0.5) is 0 Å². The molecule has 0 aromatic rings. The van der Waals surface area contributed by atoms with Gasteiger partial charge in [0.25, 0.3) is 5.91 Å². The molecule has 0 heterocycles. The Morgan fingerprint density at radius 1 is 1.83 bits per heavy atom. The van der Waals surface area contributed by atoms with Crippen LogP contribution in [-0.2, 0) is 4.79 Å². The first-order valence-corrected chi connectivity index (χ1v) is 4.11. The zero-order valence-electron chi connectivity index (χ0n) is 7.26. The lowest BCUT2D eigenvalue weighted by atomic mass is 9.96. The quantitative estimate of drug-likeness (QED) is 0.573. The maximum atomic E-state index is 10.9. The minimum Gasteiger partial charge on any atom is -0.339 e. The maximum Gasteiger partial charge on any atom is 0.296 e. The Kier molecular flexibility index (Phi) is 2.39. The van der Waals surface area contributed by atoms with E-state index >= 15 is 0 Å². The largest absolute Gasteiger partial charge is 0.339 e. The molecule has 3 nitrogen and oxygen atoms in total. The van der Waals surface area contributed by atoms with Crippen molar-refractivity contribution in [1.29, 1.82) is 0 Å². The van der Waals surface area contributed by atoms with E-state index in [0.717, 1.165) is 12.8 Å². The van der Waals surface area contributed by atoms with Crippen LogP contribution in [-0.4, -0.2) is 18.0 Å². The maximum absolute atomic E-state index is 10.9. The molecule has 0 radical (unpaired) electrons. The van der Waals surface area contributed by atoms with Crippen LogP contribution in [0.1, 0.15) is 19.8 Å². The van der Waals surface area contributed by atoms with Crippen LogP contribution in [0.2, 0.25) is 0 Å². The molecule has 1 fully saturated rings. The number of amides is 1. The second-order valence-electron chi connectivity index (χ2n) is 3.49. The van der Waals surface area contributed by atoms with Crippen LogP contribution in [0, 0.1) is 18.3 Å². The summed E-state index contributed by atoms with van der Waals surface area (Å²) in [5, 5.41) is 2.75. The second kappa shape index (κ2) is 3.16. The van der Waals surface area contributed by atoms with E-state index < -0.39 is 0 Å². The van der Waals surface area contributed by atoms with E-state index in [1.807, 2.05) is 12.8 Å². The van der Waals surface area contributed by atoms with Gasteiger partial charge in [-0.25, -0.2) is 0 Å². The van der Waals surface area contributed by atoms with Crippen LogP contribution in [0.5, 0.6) is 0 Å². The summed E-state index contributed by atoms with van der Waals surface area (Å²) < 4.78 is 0. The smallest absolute Gasteiger partial charge is 0.296 e. The van der Waals surface area contributed by atoms with E-state index in [1.165, 1.54) is 0 Å². The SMILES string of the molecule is C#CC(=O)NC(C)(CN)C1CC1. The number of carbonyl (C=O) groups is 1. The van der Waals surface area contributed by atoms with Crippen LogP contribution < -0.4 is 11.1 Å². The summed E-state index contributed by atoms with van der Waals surface area (Å²) in [5.74, 6) is 2.18. The molecule has 0 bridgehead atoms. The molecule has 1 amide bonds. The molecule has 1 rings (SSSR count). The first-order chi connectivity index (χ1) is 5.62. The van der Waals surface area contributed by atoms with Crippen molar-refractivity contribution in [2.24, 2.45) is 11.7 Å². The van der Waals surface area contributed by atoms with Gasteiger partial charge < -0.3 is 11.1 Å². The molecule has 3 N–H and O–H groups in total. The second-order valence-corrected chi connectivity index (χ2v) is 3.49. The molecule has 1 atom stereocenters. The normalized spacial score (nSPS) is 20.8. The molecule has 0 saturated heterocycles.